The molecule has 0 spiro atoms. The minimum absolute atomic E-state index is 0.201. The Labute approximate surface area is 143 Å². The zero-order chi connectivity index (χ0) is 16.9. The highest BCUT2D eigenvalue weighted by Crippen LogP contribution is 2.28. The van der Waals surface area contributed by atoms with Crippen LogP contribution in [-0.4, -0.2) is 30.9 Å². The average Bonchev–Trinajstić information content (AvgIpc) is 3.28. The predicted molar refractivity (Wildman–Crippen MR) is 92.5 cm³/mol. The zero-order valence-electron chi connectivity index (χ0n) is 13.5. The van der Waals surface area contributed by atoms with Gasteiger partial charge in [-0.15, -0.1) is 10.2 Å². The van der Waals surface area contributed by atoms with Crippen molar-refractivity contribution in [1.29, 1.82) is 0 Å². The van der Waals surface area contributed by atoms with Crippen molar-refractivity contribution in [3.05, 3.63) is 47.5 Å². The number of amides is 1. The Hall–Kier alpha value is -2.61. The highest BCUT2D eigenvalue weighted by atomic mass is 32.1. The van der Waals surface area contributed by atoms with Crippen molar-refractivity contribution in [3.63, 3.8) is 0 Å². The molecule has 124 valence electrons. The van der Waals surface area contributed by atoms with Gasteiger partial charge in [-0.1, -0.05) is 25.2 Å². The molecule has 0 aliphatic heterocycles. The molecule has 2 heterocycles. The number of hydrogen-bond acceptors (Lipinski definition) is 6. The van der Waals surface area contributed by atoms with Crippen LogP contribution >= 0.6 is 11.3 Å². The van der Waals surface area contributed by atoms with E-state index < -0.39 is 0 Å². The standard InChI is InChI=1S/C16H18N6OS/c1-3-11(4-2)15-20-21-16(24-15)19-14(23)12-5-7-13(8-6-12)22-10-17-9-18-22/h5-11H,3-4H2,1-2H3,(H,19,21,23). The van der Waals surface area contributed by atoms with Gasteiger partial charge in [0.1, 0.15) is 17.7 Å². The number of hydrogen-bond donors (Lipinski definition) is 1. The van der Waals surface area contributed by atoms with E-state index in [9.17, 15) is 4.79 Å². The Morgan fingerprint density at radius 3 is 2.58 bits per heavy atom. The summed E-state index contributed by atoms with van der Waals surface area (Å²) >= 11 is 1.44. The Bertz CT molecular complexity index is 792. The van der Waals surface area contributed by atoms with Crippen molar-refractivity contribution >= 4 is 22.4 Å². The van der Waals surface area contributed by atoms with Gasteiger partial charge in [0.05, 0.1) is 5.69 Å². The van der Waals surface area contributed by atoms with Crippen LogP contribution in [0.15, 0.2) is 36.9 Å². The van der Waals surface area contributed by atoms with Crippen molar-refractivity contribution in [2.24, 2.45) is 0 Å². The highest BCUT2D eigenvalue weighted by Gasteiger charge is 2.15. The van der Waals surface area contributed by atoms with Gasteiger partial charge in [-0.05, 0) is 37.1 Å². The maximum absolute atomic E-state index is 12.3. The van der Waals surface area contributed by atoms with E-state index >= 15 is 0 Å². The number of anilines is 1. The lowest BCUT2D eigenvalue weighted by atomic mass is 10.1. The number of nitrogens with zero attached hydrogens (tertiary/aromatic N) is 5. The molecule has 24 heavy (non-hydrogen) atoms. The fourth-order valence-electron chi connectivity index (χ4n) is 2.36. The normalized spacial score (nSPS) is 11.0. The molecule has 3 rings (SSSR count). The lowest BCUT2D eigenvalue weighted by Crippen LogP contribution is -2.11. The second kappa shape index (κ2) is 7.31. The molecule has 3 aromatic rings. The molecule has 0 aliphatic rings. The molecule has 2 aromatic heterocycles. The Morgan fingerprint density at radius 2 is 1.96 bits per heavy atom. The number of carbonyl (C=O) groups excluding carboxylic acids is 1. The molecule has 8 heteroatoms. The summed E-state index contributed by atoms with van der Waals surface area (Å²) in [6.45, 7) is 4.26. The Kier molecular flexibility index (Phi) is 4.95. The first-order valence-electron chi connectivity index (χ1n) is 7.81. The van der Waals surface area contributed by atoms with Crippen LogP contribution in [0.3, 0.4) is 0 Å². The van der Waals surface area contributed by atoms with Crippen molar-refractivity contribution < 1.29 is 4.79 Å². The second-order valence-electron chi connectivity index (χ2n) is 5.30. The summed E-state index contributed by atoms with van der Waals surface area (Å²) in [6.07, 6.45) is 5.11. The number of benzene rings is 1. The third kappa shape index (κ3) is 3.48. The molecule has 0 radical (unpaired) electrons. The van der Waals surface area contributed by atoms with E-state index in [0.717, 1.165) is 23.5 Å². The first-order valence-corrected chi connectivity index (χ1v) is 8.62. The molecule has 0 saturated carbocycles. The third-order valence-corrected chi connectivity index (χ3v) is 4.81. The van der Waals surface area contributed by atoms with Gasteiger partial charge >= 0.3 is 0 Å². The monoisotopic (exact) mass is 342 g/mol. The van der Waals surface area contributed by atoms with E-state index in [4.69, 9.17) is 0 Å². The molecule has 7 nitrogen and oxygen atoms in total. The summed E-state index contributed by atoms with van der Waals surface area (Å²) in [7, 11) is 0. The molecule has 0 bridgehead atoms. The summed E-state index contributed by atoms with van der Waals surface area (Å²) in [5, 5.41) is 16.6. The van der Waals surface area contributed by atoms with Crippen molar-refractivity contribution in [2.45, 2.75) is 32.6 Å². The maximum Gasteiger partial charge on any atom is 0.257 e. The van der Waals surface area contributed by atoms with Crippen molar-refractivity contribution in [1.82, 2.24) is 25.0 Å². The summed E-state index contributed by atoms with van der Waals surface area (Å²) in [5.41, 5.74) is 1.40. The van der Waals surface area contributed by atoms with Crippen LogP contribution in [0.1, 0.15) is 48.0 Å². The predicted octanol–water partition coefficient (Wildman–Crippen LogP) is 3.27. The molecule has 1 N–H and O–H groups in total. The van der Waals surface area contributed by atoms with Crippen LogP contribution in [0.25, 0.3) is 5.69 Å². The molecule has 0 aliphatic carbocycles. The topological polar surface area (TPSA) is 85.6 Å². The van der Waals surface area contributed by atoms with Gasteiger partial charge in [0.15, 0.2) is 0 Å². The first-order chi connectivity index (χ1) is 11.7. The van der Waals surface area contributed by atoms with Crippen LogP contribution in [0, 0.1) is 0 Å². The number of rotatable bonds is 6. The third-order valence-electron chi connectivity index (χ3n) is 3.81. The summed E-state index contributed by atoms with van der Waals surface area (Å²) in [5.74, 6) is 0.197. The molecule has 0 fully saturated rings. The van der Waals surface area contributed by atoms with Crippen LogP contribution in [-0.2, 0) is 0 Å². The van der Waals surface area contributed by atoms with Gasteiger partial charge < -0.3 is 0 Å². The zero-order valence-corrected chi connectivity index (χ0v) is 14.3. The summed E-state index contributed by atoms with van der Waals surface area (Å²) in [4.78, 5) is 16.2. The lowest BCUT2D eigenvalue weighted by Gasteiger charge is -2.06. The van der Waals surface area contributed by atoms with Gasteiger partial charge in [-0.25, -0.2) is 9.67 Å². The Morgan fingerprint density at radius 1 is 1.21 bits per heavy atom. The van der Waals surface area contributed by atoms with Gasteiger partial charge in [0, 0.05) is 11.5 Å². The van der Waals surface area contributed by atoms with E-state index in [1.54, 1.807) is 23.1 Å². The summed E-state index contributed by atoms with van der Waals surface area (Å²) < 4.78 is 1.63. The van der Waals surface area contributed by atoms with Crippen LogP contribution < -0.4 is 5.32 Å². The molecular weight excluding hydrogens is 324 g/mol. The molecule has 1 aromatic carbocycles. The quantitative estimate of drug-likeness (QED) is 0.743. The van der Waals surface area contributed by atoms with Gasteiger partial charge in [-0.2, -0.15) is 5.10 Å². The average molecular weight is 342 g/mol. The van der Waals surface area contributed by atoms with Gasteiger partial charge in [0.2, 0.25) is 5.13 Å². The van der Waals surface area contributed by atoms with E-state index in [2.05, 4.69) is 39.4 Å². The van der Waals surface area contributed by atoms with Crippen LogP contribution in [0.2, 0.25) is 0 Å². The van der Waals surface area contributed by atoms with E-state index in [1.807, 2.05) is 12.1 Å². The minimum Gasteiger partial charge on any atom is -0.296 e. The minimum atomic E-state index is -0.201. The fraction of sp³-hybridized carbons (Fsp3) is 0.312. The van der Waals surface area contributed by atoms with Crippen LogP contribution in [0.4, 0.5) is 5.13 Å². The fourth-order valence-corrected chi connectivity index (χ4v) is 3.37. The van der Waals surface area contributed by atoms with E-state index in [-0.39, 0.29) is 5.91 Å². The first kappa shape index (κ1) is 16.3. The van der Waals surface area contributed by atoms with E-state index in [0.29, 0.717) is 16.6 Å². The smallest absolute Gasteiger partial charge is 0.257 e. The van der Waals surface area contributed by atoms with Crippen molar-refractivity contribution in [2.75, 3.05) is 5.32 Å². The maximum atomic E-state index is 12.3. The largest absolute Gasteiger partial charge is 0.296 e. The molecule has 0 unspecified atom stereocenters. The highest BCUT2D eigenvalue weighted by molar-refractivity contribution is 7.15. The Balaban J connectivity index is 1.69. The second-order valence-corrected chi connectivity index (χ2v) is 6.31. The number of nitrogens with one attached hydrogen (secondary N) is 1. The molecular formula is C16H18N6OS. The lowest BCUT2D eigenvalue weighted by molar-refractivity contribution is 0.102. The van der Waals surface area contributed by atoms with Crippen molar-refractivity contribution in [3.8, 4) is 5.69 Å². The van der Waals surface area contributed by atoms with Gasteiger partial charge in [0.25, 0.3) is 5.91 Å². The number of aromatic nitrogens is 5. The van der Waals surface area contributed by atoms with Gasteiger partial charge in [-0.3, -0.25) is 10.1 Å². The number of carbonyl (C=O) groups is 1. The molecule has 0 saturated heterocycles. The van der Waals surface area contributed by atoms with E-state index in [1.165, 1.54) is 17.7 Å². The molecule has 0 atom stereocenters. The SMILES string of the molecule is CCC(CC)c1nnc(NC(=O)c2ccc(-n3cncn3)cc2)s1. The van der Waals surface area contributed by atoms with Crippen LogP contribution in [0.5, 0.6) is 0 Å². The molecule has 1 amide bonds. The summed E-state index contributed by atoms with van der Waals surface area (Å²) in [6, 6.07) is 7.13.